The molecule has 1 aromatic carbocycles. The van der Waals surface area contributed by atoms with Crippen LogP contribution in [0.25, 0.3) is 0 Å². The van der Waals surface area contributed by atoms with Crippen molar-refractivity contribution in [1.82, 2.24) is 4.90 Å². The number of hydrogen-bond donors (Lipinski definition) is 1. The van der Waals surface area contributed by atoms with Crippen molar-refractivity contribution in [1.29, 1.82) is 0 Å². The fourth-order valence-electron chi connectivity index (χ4n) is 1.67. The van der Waals surface area contributed by atoms with Crippen molar-refractivity contribution >= 4 is 29.0 Å². The van der Waals surface area contributed by atoms with Gasteiger partial charge in [0.15, 0.2) is 0 Å². The van der Waals surface area contributed by atoms with Crippen molar-refractivity contribution in [3.05, 3.63) is 23.8 Å². The Morgan fingerprint density at radius 2 is 2.18 bits per heavy atom. The molecule has 0 saturated heterocycles. The third kappa shape index (κ3) is 2.55. The highest BCUT2D eigenvalue weighted by molar-refractivity contribution is 7.80. The lowest BCUT2D eigenvalue weighted by atomic mass is 10.0. The lowest BCUT2D eigenvalue weighted by Gasteiger charge is -2.21. The van der Waals surface area contributed by atoms with Gasteiger partial charge in [0.05, 0.1) is 0 Å². The Balaban J connectivity index is 2.27. The first-order chi connectivity index (χ1) is 8.08. The summed E-state index contributed by atoms with van der Waals surface area (Å²) in [7, 11) is 3.67. The van der Waals surface area contributed by atoms with Crippen LogP contribution in [0.15, 0.2) is 18.2 Å². The van der Waals surface area contributed by atoms with Crippen LogP contribution in [-0.2, 0) is 11.2 Å². The van der Waals surface area contributed by atoms with Gasteiger partial charge in [-0.05, 0) is 30.8 Å². The molecular formula is C12H14N2O2S. The zero-order valence-corrected chi connectivity index (χ0v) is 10.6. The van der Waals surface area contributed by atoms with Gasteiger partial charge in [-0.1, -0.05) is 6.07 Å². The largest absolute Gasteiger partial charge is 0.431 e. The topological polar surface area (TPSA) is 41.6 Å². The fraction of sp³-hybridized carbons (Fsp3) is 0.333. The van der Waals surface area contributed by atoms with Crippen molar-refractivity contribution in [2.75, 3.05) is 19.4 Å². The number of hydrogen-bond acceptors (Lipinski definition) is 3. The predicted molar refractivity (Wildman–Crippen MR) is 70.3 cm³/mol. The van der Waals surface area contributed by atoms with Crippen LogP contribution in [0.4, 0.5) is 5.69 Å². The molecular weight excluding hydrogens is 236 g/mol. The molecule has 1 amide bonds. The summed E-state index contributed by atoms with van der Waals surface area (Å²) in [5, 5.41) is 3.24. The molecule has 0 bridgehead atoms. The summed E-state index contributed by atoms with van der Waals surface area (Å²) >= 11 is 5.10. The molecule has 1 aromatic rings. The molecule has 0 atom stereocenters. The summed E-state index contributed by atoms with van der Waals surface area (Å²) in [6.45, 7) is 0. The molecule has 0 aliphatic carbocycles. The average Bonchev–Trinajstić information content (AvgIpc) is 2.28. The third-order valence-corrected chi connectivity index (χ3v) is 3.02. The Kier molecular flexibility index (Phi) is 3.28. The maximum atomic E-state index is 11.3. The Morgan fingerprint density at radius 3 is 2.88 bits per heavy atom. The molecule has 4 nitrogen and oxygen atoms in total. The number of fused-ring (bicyclic) bond motifs is 1. The first kappa shape index (κ1) is 11.9. The summed E-state index contributed by atoms with van der Waals surface area (Å²) in [6, 6.07) is 5.59. The summed E-state index contributed by atoms with van der Waals surface area (Å²) in [5.41, 5.74) is 1.83. The van der Waals surface area contributed by atoms with E-state index in [1.165, 1.54) is 0 Å². The van der Waals surface area contributed by atoms with Crippen LogP contribution in [0.3, 0.4) is 0 Å². The maximum Gasteiger partial charge on any atom is 0.264 e. The summed E-state index contributed by atoms with van der Waals surface area (Å²) in [6.07, 6.45) is 1.18. The molecule has 0 aromatic heterocycles. The molecule has 5 heteroatoms. The minimum atomic E-state index is 0.0461. The molecule has 1 heterocycles. The molecule has 0 unspecified atom stereocenters. The van der Waals surface area contributed by atoms with Crippen LogP contribution >= 0.6 is 12.2 Å². The number of ether oxygens (including phenoxy) is 1. The molecule has 1 N–H and O–H groups in total. The van der Waals surface area contributed by atoms with Crippen LogP contribution in [0, 0.1) is 0 Å². The second-order valence-corrected chi connectivity index (χ2v) is 4.44. The van der Waals surface area contributed by atoms with E-state index < -0.39 is 0 Å². The predicted octanol–water partition coefficient (Wildman–Crippen LogP) is 1.80. The Hall–Kier alpha value is -1.62. The van der Waals surface area contributed by atoms with Crippen LogP contribution in [0.5, 0.6) is 5.75 Å². The lowest BCUT2D eigenvalue weighted by molar-refractivity contribution is -0.116. The molecule has 0 radical (unpaired) electrons. The molecule has 1 aliphatic heterocycles. The van der Waals surface area contributed by atoms with Crippen molar-refractivity contribution in [2.45, 2.75) is 12.8 Å². The number of rotatable bonds is 1. The number of nitrogens with zero attached hydrogens (tertiary/aromatic N) is 1. The molecule has 90 valence electrons. The van der Waals surface area contributed by atoms with Gasteiger partial charge in [0.1, 0.15) is 5.75 Å². The number of carbonyl (C=O) groups is 1. The monoisotopic (exact) mass is 250 g/mol. The van der Waals surface area contributed by atoms with Crippen molar-refractivity contribution in [2.24, 2.45) is 0 Å². The van der Waals surface area contributed by atoms with E-state index in [-0.39, 0.29) is 5.91 Å². The van der Waals surface area contributed by atoms with Crippen LogP contribution in [0.1, 0.15) is 12.0 Å². The molecule has 0 spiro atoms. The van der Waals surface area contributed by atoms with Gasteiger partial charge in [0.25, 0.3) is 5.17 Å². The third-order valence-electron chi connectivity index (χ3n) is 2.57. The van der Waals surface area contributed by atoms with Crippen LogP contribution in [-0.4, -0.2) is 30.1 Å². The zero-order valence-electron chi connectivity index (χ0n) is 9.82. The SMILES string of the molecule is CN(C)C(=S)Oc1cccc2c1CCC(=O)N2. The average molecular weight is 250 g/mol. The molecule has 0 saturated carbocycles. The van der Waals surface area contributed by atoms with E-state index in [0.717, 1.165) is 17.0 Å². The second kappa shape index (κ2) is 4.71. The van der Waals surface area contributed by atoms with E-state index in [2.05, 4.69) is 5.32 Å². The van der Waals surface area contributed by atoms with E-state index in [9.17, 15) is 4.79 Å². The minimum absolute atomic E-state index is 0.0461. The Bertz CT molecular complexity index is 472. The number of anilines is 1. The molecule has 17 heavy (non-hydrogen) atoms. The highest BCUT2D eigenvalue weighted by Gasteiger charge is 2.19. The first-order valence-electron chi connectivity index (χ1n) is 5.39. The van der Waals surface area contributed by atoms with E-state index in [0.29, 0.717) is 18.0 Å². The number of nitrogens with one attached hydrogen (secondary N) is 1. The quantitative estimate of drug-likeness (QED) is 0.772. The highest BCUT2D eigenvalue weighted by atomic mass is 32.1. The van der Waals surface area contributed by atoms with E-state index in [4.69, 9.17) is 17.0 Å². The number of benzene rings is 1. The van der Waals surface area contributed by atoms with Crippen molar-refractivity contribution < 1.29 is 9.53 Å². The lowest BCUT2D eigenvalue weighted by Crippen LogP contribution is -2.26. The highest BCUT2D eigenvalue weighted by Crippen LogP contribution is 2.31. The smallest absolute Gasteiger partial charge is 0.264 e. The van der Waals surface area contributed by atoms with Gasteiger partial charge in [-0.15, -0.1) is 0 Å². The van der Waals surface area contributed by atoms with Gasteiger partial charge in [0.2, 0.25) is 5.91 Å². The Morgan fingerprint density at radius 1 is 1.41 bits per heavy atom. The summed E-state index contributed by atoms with van der Waals surface area (Å²) in [4.78, 5) is 13.0. The summed E-state index contributed by atoms with van der Waals surface area (Å²) in [5.74, 6) is 0.769. The molecule has 1 aliphatic rings. The fourth-order valence-corrected chi connectivity index (χ4v) is 1.76. The van der Waals surface area contributed by atoms with Gasteiger partial charge >= 0.3 is 0 Å². The van der Waals surface area contributed by atoms with Crippen LogP contribution in [0.2, 0.25) is 0 Å². The normalized spacial score (nSPS) is 13.6. The zero-order chi connectivity index (χ0) is 12.4. The van der Waals surface area contributed by atoms with E-state index >= 15 is 0 Å². The van der Waals surface area contributed by atoms with E-state index in [1.54, 1.807) is 4.90 Å². The number of amides is 1. The Labute approximate surface area is 106 Å². The van der Waals surface area contributed by atoms with Gasteiger partial charge in [-0.25, -0.2) is 0 Å². The van der Waals surface area contributed by atoms with Gasteiger partial charge in [0, 0.05) is 31.8 Å². The minimum Gasteiger partial charge on any atom is -0.431 e. The maximum absolute atomic E-state index is 11.3. The van der Waals surface area contributed by atoms with Gasteiger partial charge < -0.3 is 15.0 Å². The van der Waals surface area contributed by atoms with Gasteiger partial charge in [-0.3, -0.25) is 4.79 Å². The molecule has 2 rings (SSSR count). The van der Waals surface area contributed by atoms with Gasteiger partial charge in [-0.2, -0.15) is 0 Å². The van der Waals surface area contributed by atoms with Crippen molar-refractivity contribution in [3.63, 3.8) is 0 Å². The van der Waals surface area contributed by atoms with Crippen LogP contribution < -0.4 is 10.1 Å². The number of carbonyl (C=O) groups excluding carboxylic acids is 1. The first-order valence-corrected chi connectivity index (χ1v) is 5.79. The summed E-state index contributed by atoms with van der Waals surface area (Å²) < 4.78 is 5.62. The number of thiocarbonyl (C=S) groups is 1. The molecule has 0 fully saturated rings. The standard InChI is InChI=1S/C12H14N2O2S/c1-14(2)12(17)16-10-5-3-4-9-8(10)6-7-11(15)13-9/h3-5H,6-7H2,1-2H3,(H,13,15). The second-order valence-electron chi connectivity index (χ2n) is 4.09. The van der Waals surface area contributed by atoms with Crippen molar-refractivity contribution in [3.8, 4) is 5.75 Å². The van der Waals surface area contributed by atoms with E-state index in [1.807, 2.05) is 32.3 Å².